The summed E-state index contributed by atoms with van der Waals surface area (Å²) in [5, 5.41) is 5.02. The van der Waals surface area contributed by atoms with E-state index in [4.69, 9.17) is 9.47 Å². The molecule has 0 aliphatic carbocycles. The number of nitrogens with zero attached hydrogens (tertiary/aromatic N) is 2. The number of carbonyl (C=O) groups is 1. The number of fused-ring (bicyclic) bond motifs is 1. The van der Waals surface area contributed by atoms with Crippen molar-refractivity contribution < 1.29 is 14.3 Å². The minimum atomic E-state index is -0.360. The molecule has 2 aromatic carbocycles. The lowest BCUT2D eigenvalue weighted by Gasteiger charge is -2.15. The molecule has 0 aliphatic heterocycles. The van der Waals surface area contributed by atoms with E-state index in [-0.39, 0.29) is 11.8 Å². The summed E-state index contributed by atoms with van der Waals surface area (Å²) in [6.07, 6.45) is 5.06. The molecule has 156 valence electrons. The lowest BCUT2D eigenvalue weighted by atomic mass is 9.97. The topological polar surface area (TPSA) is 73.3 Å². The van der Waals surface area contributed by atoms with Gasteiger partial charge in [0.15, 0.2) is 11.6 Å². The largest absolute Gasteiger partial charge is 0.497 e. The summed E-state index contributed by atoms with van der Waals surface area (Å²) < 4.78 is 11.2. The zero-order chi connectivity index (χ0) is 21.6. The van der Waals surface area contributed by atoms with Crippen molar-refractivity contribution in [1.82, 2.24) is 9.97 Å². The molecule has 2 heterocycles. The van der Waals surface area contributed by atoms with Gasteiger partial charge in [0, 0.05) is 18.6 Å². The molecule has 1 amide bonds. The van der Waals surface area contributed by atoms with Crippen LogP contribution in [0.2, 0.25) is 0 Å². The number of amides is 1. The number of carbonyl (C=O) groups excluding carboxylic acids is 1. The smallest absolute Gasteiger partial charge is 0.232 e. The van der Waals surface area contributed by atoms with Crippen LogP contribution >= 0.6 is 0 Å². The Kier molecular flexibility index (Phi) is 6.08. The quantitative estimate of drug-likeness (QED) is 0.464. The number of nitrogens with one attached hydrogen (secondary N) is 1. The molecule has 4 rings (SSSR count). The molecule has 6 heteroatoms. The number of hydrogen-bond acceptors (Lipinski definition) is 5. The summed E-state index contributed by atoms with van der Waals surface area (Å²) in [5.74, 6) is 1.21. The fourth-order valence-corrected chi connectivity index (χ4v) is 3.26. The number of anilines is 1. The van der Waals surface area contributed by atoms with Crippen molar-refractivity contribution in [2.24, 2.45) is 0 Å². The van der Waals surface area contributed by atoms with E-state index in [0.29, 0.717) is 18.2 Å². The highest BCUT2D eigenvalue weighted by molar-refractivity contribution is 5.96. The van der Waals surface area contributed by atoms with E-state index in [2.05, 4.69) is 15.3 Å². The van der Waals surface area contributed by atoms with Crippen molar-refractivity contribution in [3.8, 4) is 11.5 Å². The van der Waals surface area contributed by atoms with Crippen LogP contribution < -0.4 is 14.8 Å². The standard InChI is InChI=1S/C25H23N3O3/c1-17(19-5-6-21-15-22(30-2)8-7-20(21)14-19)25(29)28-24-23(4-3-11-27-24)31-16-18-9-12-26-13-10-18/h3-15,17H,16H2,1-2H3,(H,27,28,29)/t17-/m0/s1. The van der Waals surface area contributed by atoms with Gasteiger partial charge in [-0.05, 0) is 65.2 Å². The van der Waals surface area contributed by atoms with Crippen molar-refractivity contribution in [3.05, 3.63) is 90.4 Å². The maximum absolute atomic E-state index is 12.9. The third-order valence-electron chi connectivity index (χ3n) is 5.12. The highest BCUT2D eigenvalue weighted by atomic mass is 16.5. The molecular weight excluding hydrogens is 390 g/mol. The number of benzene rings is 2. The molecule has 1 N–H and O–H groups in total. The van der Waals surface area contributed by atoms with E-state index in [1.807, 2.05) is 55.5 Å². The summed E-state index contributed by atoms with van der Waals surface area (Å²) in [7, 11) is 1.65. The van der Waals surface area contributed by atoms with Gasteiger partial charge in [0.25, 0.3) is 0 Å². The molecular formula is C25H23N3O3. The molecule has 0 saturated carbocycles. The van der Waals surface area contributed by atoms with Gasteiger partial charge in [0.05, 0.1) is 13.0 Å². The summed E-state index contributed by atoms with van der Waals surface area (Å²) in [4.78, 5) is 21.2. The molecule has 4 aromatic rings. The van der Waals surface area contributed by atoms with Gasteiger partial charge >= 0.3 is 0 Å². The number of pyridine rings is 2. The molecule has 6 nitrogen and oxygen atoms in total. The Labute approximate surface area is 180 Å². The highest BCUT2D eigenvalue weighted by Gasteiger charge is 2.18. The Balaban J connectivity index is 1.48. The first-order valence-corrected chi connectivity index (χ1v) is 9.99. The van der Waals surface area contributed by atoms with E-state index >= 15 is 0 Å². The van der Waals surface area contributed by atoms with Gasteiger partial charge in [-0.2, -0.15) is 0 Å². The molecule has 0 saturated heterocycles. The van der Waals surface area contributed by atoms with Crippen molar-refractivity contribution in [2.75, 3.05) is 12.4 Å². The fraction of sp³-hybridized carbons (Fsp3) is 0.160. The fourth-order valence-electron chi connectivity index (χ4n) is 3.26. The molecule has 31 heavy (non-hydrogen) atoms. The van der Waals surface area contributed by atoms with Crippen molar-refractivity contribution in [3.63, 3.8) is 0 Å². The van der Waals surface area contributed by atoms with E-state index < -0.39 is 0 Å². The van der Waals surface area contributed by atoms with Crippen LogP contribution in [0.25, 0.3) is 10.8 Å². The van der Waals surface area contributed by atoms with Crippen LogP contribution in [-0.2, 0) is 11.4 Å². The van der Waals surface area contributed by atoms with Crippen LogP contribution in [0, 0.1) is 0 Å². The first kappa shape index (κ1) is 20.3. The molecule has 0 spiro atoms. The SMILES string of the molecule is COc1ccc2cc([C@H](C)C(=O)Nc3ncccc3OCc3ccncc3)ccc2c1. The van der Waals surface area contributed by atoms with Gasteiger partial charge in [0.1, 0.15) is 12.4 Å². The van der Waals surface area contributed by atoms with Gasteiger partial charge in [-0.15, -0.1) is 0 Å². The Morgan fingerprint density at radius 2 is 1.77 bits per heavy atom. The second-order valence-electron chi connectivity index (χ2n) is 7.18. The van der Waals surface area contributed by atoms with Crippen LogP contribution in [0.4, 0.5) is 5.82 Å². The molecule has 2 aromatic heterocycles. The molecule has 0 aliphatic rings. The lowest BCUT2D eigenvalue weighted by Crippen LogP contribution is -2.20. The number of ether oxygens (including phenoxy) is 2. The van der Waals surface area contributed by atoms with Crippen molar-refractivity contribution >= 4 is 22.5 Å². The average Bonchev–Trinajstić information content (AvgIpc) is 2.83. The lowest BCUT2D eigenvalue weighted by molar-refractivity contribution is -0.117. The Bertz CT molecular complexity index is 1190. The second-order valence-corrected chi connectivity index (χ2v) is 7.18. The van der Waals surface area contributed by atoms with Crippen LogP contribution in [-0.4, -0.2) is 23.0 Å². The van der Waals surface area contributed by atoms with E-state index in [1.54, 1.807) is 37.8 Å². The van der Waals surface area contributed by atoms with Gasteiger partial charge < -0.3 is 14.8 Å². The summed E-state index contributed by atoms with van der Waals surface area (Å²) >= 11 is 0. The highest BCUT2D eigenvalue weighted by Crippen LogP contribution is 2.27. The Morgan fingerprint density at radius 3 is 2.58 bits per heavy atom. The van der Waals surface area contributed by atoms with Crippen LogP contribution in [0.3, 0.4) is 0 Å². The van der Waals surface area contributed by atoms with E-state index in [0.717, 1.165) is 27.6 Å². The second kappa shape index (κ2) is 9.26. The third-order valence-corrected chi connectivity index (χ3v) is 5.12. The molecule has 0 radical (unpaired) electrons. The Morgan fingerprint density at radius 1 is 1.00 bits per heavy atom. The molecule has 0 unspecified atom stereocenters. The van der Waals surface area contributed by atoms with E-state index in [9.17, 15) is 4.79 Å². The summed E-state index contributed by atoms with van der Waals surface area (Å²) in [6.45, 7) is 2.24. The van der Waals surface area contributed by atoms with Gasteiger partial charge in [-0.25, -0.2) is 4.98 Å². The van der Waals surface area contributed by atoms with Crippen molar-refractivity contribution in [1.29, 1.82) is 0 Å². The summed E-state index contributed by atoms with van der Waals surface area (Å²) in [6, 6.07) is 19.2. The number of hydrogen-bond donors (Lipinski definition) is 1. The van der Waals surface area contributed by atoms with Crippen LogP contribution in [0.1, 0.15) is 24.0 Å². The zero-order valence-electron chi connectivity index (χ0n) is 17.4. The van der Waals surface area contributed by atoms with Gasteiger partial charge in [-0.3, -0.25) is 9.78 Å². The predicted octanol–water partition coefficient (Wildman–Crippen LogP) is 4.96. The average molecular weight is 413 g/mol. The maximum atomic E-state index is 12.9. The van der Waals surface area contributed by atoms with E-state index in [1.165, 1.54) is 0 Å². The number of rotatable bonds is 7. The minimum Gasteiger partial charge on any atom is -0.497 e. The monoisotopic (exact) mass is 413 g/mol. The van der Waals surface area contributed by atoms with Crippen LogP contribution in [0.15, 0.2) is 79.3 Å². The zero-order valence-corrected chi connectivity index (χ0v) is 17.4. The number of aromatic nitrogens is 2. The summed E-state index contributed by atoms with van der Waals surface area (Å²) in [5.41, 5.74) is 1.91. The molecule has 1 atom stereocenters. The third kappa shape index (κ3) is 4.80. The molecule has 0 fully saturated rings. The van der Waals surface area contributed by atoms with Crippen molar-refractivity contribution in [2.45, 2.75) is 19.4 Å². The van der Waals surface area contributed by atoms with Gasteiger partial charge in [-0.1, -0.05) is 24.3 Å². The first-order valence-electron chi connectivity index (χ1n) is 9.99. The predicted molar refractivity (Wildman–Crippen MR) is 120 cm³/mol. The Hall–Kier alpha value is -3.93. The minimum absolute atomic E-state index is 0.152. The van der Waals surface area contributed by atoms with Crippen LogP contribution in [0.5, 0.6) is 11.5 Å². The maximum Gasteiger partial charge on any atom is 0.232 e. The number of methoxy groups -OCH3 is 1. The van der Waals surface area contributed by atoms with Gasteiger partial charge in [0.2, 0.25) is 5.91 Å². The molecule has 0 bridgehead atoms. The first-order chi connectivity index (χ1) is 15.1. The normalized spacial score (nSPS) is 11.7.